The summed E-state index contributed by atoms with van der Waals surface area (Å²) >= 11 is 0. The lowest BCUT2D eigenvalue weighted by Crippen LogP contribution is -2.43. The molecule has 1 aliphatic rings. The van der Waals surface area contributed by atoms with E-state index in [0.29, 0.717) is 18.7 Å². The lowest BCUT2D eigenvalue weighted by molar-refractivity contribution is -0.139. The molecule has 9 heteroatoms. The maximum Gasteiger partial charge on any atom is 0.329 e. The molecule has 3 N–H and O–H groups in total. The Balaban J connectivity index is 2.21. The number of nitrogens with one attached hydrogen (secondary N) is 2. The molecule has 1 atom stereocenters. The molecule has 9 nitrogen and oxygen atoms in total. The molecule has 1 unspecified atom stereocenters. The molecule has 1 aliphatic carbocycles. The van der Waals surface area contributed by atoms with Crippen LogP contribution in [0.1, 0.15) is 62.0 Å². The van der Waals surface area contributed by atoms with Gasteiger partial charge in [0.2, 0.25) is 0 Å². The number of pyridine rings is 1. The summed E-state index contributed by atoms with van der Waals surface area (Å²) in [6.45, 7) is 5.99. The number of carbonyl (C=O) groups is 2. The third-order valence-corrected chi connectivity index (χ3v) is 4.90. The van der Waals surface area contributed by atoms with Crippen LogP contribution < -0.4 is 16.6 Å². The Morgan fingerprint density at radius 3 is 2.57 bits per heavy atom. The molecular formula is C19H24N4O5. The Labute approximate surface area is 160 Å². The first-order chi connectivity index (χ1) is 13.2. The molecule has 1 saturated carbocycles. The predicted molar refractivity (Wildman–Crippen MR) is 103 cm³/mol. The predicted octanol–water partition coefficient (Wildman–Crippen LogP) is 1.21. The number of H-pyrrole nitrogens is 1. The largest absolute Gasteiger partial charge is 0.480 e. The number of aromatic amines is 1. The third-order valence-electron chi connectivity index (χ3n) is 4.90. The molecule has 2 aromatic heterocycles. The Kier molecular flexibility index (Phi) is 5.35. The maximum atomic E-state index is 12.9. The number of aromatic nitrogens is 3. The minimum atomic E-state index is -1.10. The first-order valence-electron chi connectivity index (χ1n) is 9.46. The van der Waals surface area contributed by atoms with E-state index in [9.17, 15) is 24.3 Å². The van der Waals surface area contributed by atoms with Gasteiger partial charge in [-0.25, -0.2) is 14.6 Å². The smallest absolute Gasteiger partial charge is 0.329 e. The van der Waals surface area contributed by atoms with E-state index in [0.717, 1.165) is 12.8 Å². The van der Waals surface area contributed by atoms with Crippen LogP contribution in [0, 0.1) is 5.92 Å². The molecule has 0 spiro atoms. The second-order valence-corrected chi connectivity index (χ2v) is 7.49. The van der Waals surface area contributed by atoms with Crippen molar-refractivity contribution in [3.8, 4) is 0 Å². The number of carboxylic acid groups (broad SMARTS) is 1. The summed E-state index contributed by atoms with van der Waals surface area (Å²) in [4.78, 5) is 55.9. The average Bonchev–Trinajstić information content (AvgIpc) is 3.46. The highest BCUT2D eigenvalue weighted by molar-refractivity contribution is 6.06. The van der Waals surface area contributed by atoms with Crippen molar-refractivity contribution in [3.63, 3.8) is 0 Å². The molecule has 0 radical (unpaired) electrons. The van der Waals surface area contributed by atoms with Crippen LogP contribution in [0.5, 0.6) is 0 Å². The SMILES string of the molecule is CCCn1c(=O)[nH]c(=O)c2c(C(=O)NC(C(=O)O)C3CC3)cc(C(C)C)nc21. The Morgan fingerprint density at radius 1 is 1.36 bits per heavy atom. The van der Waals surface area contributed by atoms with Gasteiger partial charge in [0.25, 0.3) is 11.5 Å². The first-order valence-corrected chi connectivity index (χ1v) is 9.46. The van der Waals surface area contributed by atoms with Crippen molar-refractivity contribution in [1.82, 2.24) is 19.9 Å². The summed E-state index contributed by atoms with van der Waals surface area (Å²) in [6.07, 6.45) is 2.11. The minimum absolute atomic E-state index is 0.00474. The number of carbonyl (C=O) groups excluding carboxylic acids is 1. The van der Waals surface area contributed by atoms with E-state index in [1.54, 1.807) is 0 Å². The summed E-state index contributed by atoms with van der Waals surface area (Å²) in [7, 11) is 0. The first kappa shape index (κ1) is 19.8. The van der Waals surface area contributed by atoms with Gasteiger partial charge in [0.15, 0.2) is 5.65 Å². The number of hydrogen-bond acceptors (Lipinski definition) is 5. The van der Waals surface area contributed by atoms with Gasteiger partial charge in [-0.1, -0.05) is 20.8 Å². The van der Waals surface area contributed by atoms with Crippen LogP contribution in [0.2, 0.25) is 0 Å². The van der Waals surface area contributed by atoms with Crippen LogP contribution in [-0.2, 0) is 11.3 Å². The molecular weight excluding hydrogens is 364 g/mol. The number of rotatable bonds is 7. The van der Waals surface area contributed by atoms with Gasteiger partial charge < -0.3 is 10.4 Å². The number of nitrogens with zero attached hydrogens (tertiary/aromatic N) is 2. The maximum absolute atomic E-state index is 12.9. The fourth-order valence-corrected chi connectivity index (χ4v) is 3.23. The number of aryl methyl sites for hydroxylation is 1. The summed E-state index contributed by atoms with van der Waals surface area (Å²) < 4.78 is 1.34. The van der Waals surface area contributed by atoms with Crippen molar-refractivity contribution in [1.29, 1.82) is 0 Å². The van der Waals surface area contributed by atoms with Crippen LogP contribution in [-0.4, -0.2) is 37.6 Å². The fourth-order valence-electron chi connectivity index (χ4n) is 3.23. The quantitative estimate of drug-likeness (QED) is 0.653. The molecule has 0 aromatic carbocycles. The molecule has 0 saturated heterocycles. The standard InChI is InChI=1S/C19H24N4O5/c1-4-7-23-15-13(17(25)22-19(23)28)11(8-12(20-15)9(2)3)16(24)21-14(18(26)27)10-5-6-10/h8-10,14H,4-7H2,1-3H3,(H,21,24)(H,26,27)(H,22,25,28). The monoisotopic (exact) mass is 388 g/mol. The van der Waals surface area contributed by atoms with Crippen molar-refractivity contribution in [2.45, 2.75) is 58.5 Å². The lowest BCUT2D eigenvalue weighted by Gasteiger charge is -2.17. The number of amides is 1. The number of carboxylic acids is 1. The Morgan fingerprint density at radius 2 is 2.04 bits per heavy atom. The van der Waals surface area contributed by atoms with Gasteiger partial charge in [0.1, 0.15) is 6.04 Å². The van der Waals surface area contributed by atoms with Gasteiger partial charge >= 0.3 is 11.7 Å². The second-order valence-electron chi connectivity index (χ2n) is 7.49. The highest BCUT2D eigenvalue weighted by Gasteiger charge is 2.37. The van der Waals surface area contributed by atoms with E-state index in [-0.39, 0.29) is 28.4 Å². The van der Waals surface area contributed by atoms with E-state index >= 15 is 0 Å². The van der Waals surface area contributed by atoms with Crippen LogP contribution in [0.25, 0.3) is 11.0 Å². The normalized spacial score (nSPS) is 15.0. The average molecular weight is 388 g/mol. The van der Waals surface area contributed by atoms with Gasteiger partial charge in [-0.15, -0.1) is 0 Å². The molecule has 0 aliphatic heterocycles. The molecule has 2 aromatic rings. The second kappa shape index (κ2) is 7.57. The molecule has 28 heavy (non-hydrogen) atoms. The highest BCUT2D eigenvalue weighted by atomic mass is 16.4. The minimum Gasteiger partial charge on any atom is -0.480 e. The van der Waals surface area contributed by atoms with Crippen molar-refractivity contribution in [3.05, 3.63) is 38.2 Å². The Bertz CT molecular complexity index is 1050. The molecule has 0 bridgehead atoms. The number of hydrogen-bond donors (Lipinski definition) is 3. The van der Waals surface area contributed by atoms with Gasteiger partial charge in [-0.05, 0) is 37.2 Å². The van der Waals surface area contributed by atoms with E-state index in [1.807, 2.05) is 20.8 Å². The van der Waals surface area contributed by atoms with Crippen molar-refractivity contribution in [2.24, 2.45) is 5.92 Å². The van der Waals surface area contributed by atoms with Gasteiger partial charge in [0.05, 0.1) is 10.9 Å². The Hall–Kier alpha value is -2.97. The molecule has 3 rings (SSSR count). The molecule has 1 amide bonds. The van der Waals surface area contributed by atoms with Crippen LogP contribution >= 0.6 is 0 Å². The van der Waals surface area contributed by atoms with E-state index < -0.39 is 29.2 Å². The summed E-state index contributed by atoms with van der Waals surface area (Å²) in [6, 6.07) is 0.503. The molecule has 1 fully saturated rings. The molecule has 150 valence electrons. The van der Waals surface area contributed by atoms with E-state index in [4.69, 9.17) is 0 Å². The highest BCUT2D eigenvalue weighted by Crippen LogP contribution is 2.33. The topological polar surface area (TPSA) is 134 Å². The van der Waals surface area contributed by atoms with Crippen LogP contribution in [0.3, 0.4) is 0 Å². The van der Waals surface area contributed by atoms with Crippen LogP contribution in [0.4, 0.5) is 0 Å². The van der Waals surface area contributed by atoms with Gasteiger partial charge in [0, 0.05) is 12.2 Å². The number of aliphatic carboxylic acids is 1. The third kappa shape index (κ3) is 3.69. The van der Waals surface area contributed by atoms with Gasteiger partial charge in [-0.3, -0.25) is 19.1 Å². The van der Waals surface area contributed by atoms with Gasteiger partial charge in [-0.2, -0.15) is 0 Å². The zero-order valence-corrected chi connectivity index (χ0v) is 16.1. The van der Waals surface area contributed by atoms with E-state index in [1.165, 1.54) is 10.6 Å². The lowest BCUT2D eigenvalue weighted by atomic mass is 10.0. The zero-order chi connectivity index (χ0) is 20.6. The van der Waals surface area contributed by atoms with Crippen molar-refractivity contribution in [2.75, 3.05) is 0 Å². The summed E-state index contributed by atoms with van der Waals surface area (Å²) in [5, 5.41) is 11.9. The fraction of sp³-hybridized carbons (Fsp3) is 0.526. The van der Waals surface area contributed by atoms with E-state index in [2.05, 4.69) is 15.3 Å². The summed E-state index contributed by atoms with van der Waals surface area (Å²) in [5.74, 6) is -1.91. The van der Waals surface area contributed by atoms with Crippen molar-refractivity contribution < 1.29 is 14.7 Å². The summed E-state index contributed by atoms with van der Waals surface area (Å²) in [5.41, 5.74) is -0.568. The zero-order valence-electron chi connectivity index (χ0n) is 16.1. The van der Waals surface area contributed by atoms with Crippen molar-refractivity contribution >= 4 is 22.9 Å². The van der Waals surface area contributed by atoms with Crippen LogP contribution in [0.15, 0.2) is 15.7 Å². The molecule has 2 heterocycles. The number of fused-ring (bicyclic) bond motifs is 1.